The van der Waals surface area contributed by atoms with E-state index in [1.54, 1.807) is 55.6 Å². The topological polar surface area (TPSA) is 99.9 Å². The van der Waals surface area contributed by atoms with Crippen molar-refractivity contribution in [2.24, 2.45) is 0 Å². The number of anilines is 1. The van der Waals surface area contributed by atoms with E-state index in [2.05, 4.69) is 6.07 Å². The lowest BCUT2D eigenvalue weighted by molar-refractivity contribution is -0.132. The molecule has 1 amide bonds. The van der Waals surface area contributed by atoms with E-state index in [4.69, 9.17) is 9.47 Å². The number of aryl methyl sites for hydroxylation is 1. The number of carbonyl (C=O) groups is 2. The van der Waals surface area contributed by atoms with Gasteiger partial charge in [-0.3, -0.25) is 14.5 Å². The first-order valence-corrected chi connectivity index (χ1v) is 12.8. The van der Waals surface area contributed by atoms with Gasteiger partial charge in [0.1, 0.15) is 17.3 Å². The van der Waals surface area contributed by atoms with Crippen molar-refractivity contribution < 1.29 is 24.2 Å². The zero-order valence-corrected chi connectivity index (χ0v) is 23.0. The van der Waals surface area contributed by atoms with E-state index in [-0.39, 0.29) is 23.4 Å². The quantitative estimate of drug-likeness (QED) is 0.218. The van der Waals surface area contributed by atoms with Gasteiger partial charge in [0.2, 0.25) is 0 Å². The minimum absolute atomic E-state index is 0.00939. The number of hydrogen-bond donors (Lipinski definition) is 1. The van der Waals surface area contributed by atoms with Crippen molar-refractivity contribution >= 4 is 23.1 Å². The third-order valence-electron chi connectivity index (χ3n) is 6.74. The van der Waals surface area contributed by atoms with Gasteiger partial charge in [0, 0.05) is 11.3 Å². The number of aliphatic hydroxyl groups excluding tert-OH is 1. The number of benzene rings is 3. The van der Waals surface area contributed by atoms with Gasteiger partial charge in [0.05, 0.1) is 36.5 Å². The van der Waals surface area contributed by atoms with Gasteiger partial charge >= 0.3 is 0 Å². The van der Waals surface area contributed by atoms with E-state index in [0.29, 0.717) is 39.4 Å². The summed E-state index contributed by atoms with van der Waals surface area (Å²) in [7, 11) is 1.59. The standard InChI is InChI=1S/C32H32N2O5/c1-18(2)25-16-26(20(5)15-27(25)38-6)30(35)28-29(22-9-13-24(14-10-22)39-19(3)4)34(32(37)31(28)36)23-11-7-21(17-33)8-12-23/h7-16,18-19,29,35H,1-6H3/b30-28+. The van der Waals surface area contributed by atoms with E-state index in [1.165, 1.54) is 4.90 Å². The van der Waals surface area contributed by atoms with Gasteiger partial charge in [-0.15, -0.1) is 0 Å². The van der Waals surface area contributed by atoms with Crippen LogP contribution in [0.2, 0.25) is 0 Å². The van der Waals surface area contributed by atoms with Gasteiger partial charge in [-0.1, -0.05) is 26.0 Å². The maximum Gasteiger partial charge on any atom is 0.300 e. The lowest BCUT2D eigenvalue weighted by Gasteiger charge is -2.26. The SMILES string of the molecule is COc1cc(C)c(/C(O)=C2\C(=O)C(=O)N(c3ccc(C#N)cc3)C2c2ccc(OC(C)C)cc2)cc1C(C)C. The van der Waals surface area contributed by atoms with Crippen LogP contribution >= 0.6 is 0 Å². The summed E-state index contributed by atoms with van der Waals surface area (Å²) in [4.78, 5) is 28.4. The van der Waals surface area contributed by atoms with Crippen LogP contribution in [0.5, 0.6) is 11.5 Å². The number of aliphatic hydroxyl groups is 1. The highest BCUT2D eigenvalue weighted by Gasteiger charge is 2.47. The van der Waals surface area contributed by atoms with Gasteiger partial charge < -0.3 is 14.6 Å². The van der Waals surface area contributed by atoms with Crippen molar-refractivity contribution in [1.82, 2.24) is 0 Å². The van der Waals surface area contributed by atoms with Crippen LogP contribution in [0.25, 0.3) is 5.76 Å². The normalized spacial score (nSPS) is 16.6. The molecule has 7 heteroatoms. The Hall–Kier alpha value is -4.57. The first kappa shape index (κ1) is 27.5. The van der Waals surface area contributed by atoms with Crippen LogP contribution in [0.1, 0.15) is 67.5 Å². The van der Waals surface area contributed by atoms with E-state index in [0.717, 1.165) is 5.56 Å². The second-order valence-corrected chi connectivity index (χ2v) is 10.1. The minimum atomic E-state index is -0.893. The zero-order valence-electron chi connectivity index (χ0n) is 23.0. The second-order valence-electron chi connectivity index (χ2n) is 10.1. The van der Waals surface area contributed by atoms with Gasteiger partial charge in [-0.25, -0.2) is 0 Å². The van der Waals surface area contributed by atoms with Crippen molar-refractivity contribution in [3.8, 4) is 17.6 Å². The molecule has 1 heterocycles. The van der Waals surface area contributed by atoms with Crippen molar-refractivity contribution in [2.45, 2.75) is 52.7 Å². The number of amides is 1. The third kappa shape index (κ3) is 5.23. The fraction of sp³-hybridized carbons (Fsp3) is 0.281. The predicted molar refractivity (Wildman–Crippen MR) is 150 cm³/mol. The van der Waals surface area contributed by atoms with Crippen molar-refractivity contribution in [3.63, 3.8) is 0 Å². The maximum atomic E-state index is 13.6. The Kier molecular flexibility index (Phi) is 7.78. The Balaban J connectivity index is 1.94. The molecule has 3 aromatic carbocycles. The molecule has 7 nitrogen and oxygen atoms in total. The number of hydrogen-bond acceptors (Lipinski definition) is 6. The summed E-state index contributed by atoms with van der Waals surface area (Å²) in [6, 6.07) is 18.4. The molecule has 0 saturated carbocycles. The highest BCUT2D eigenvalue weighted by atomic mass is 16.5. The van der Waals surface area contributed by atoms with Gasteiger partial charge in [0.15, 0.2) is 0 Å². The lowest BCUT2D eigenvalue weighted by Crippen LogP contribution is -2.29. The molecule has 1 aliphatic heterocycles. The number of methoxy groups -OCH3 is 1. The molecule has 200 valence electrons. The Morgan fingerprint density at radius 3 is 2.18 bits per heavy atom. The lowest BCUT2D eigenvalue weighted by atomic mass is 9.91. The Morgan fingerprint density at radius 2 is 1.64 bits per heavy atom. The molecule has 39 heavy (non-hydrogen) atoms. The highest BCUT2D eigenvalue weighted by Crippen LogP contribution is 2.43. The average molecular weight is 525 g/mol. The number of nitrogens with zero attached hydrogens (tertiary/aromatic N) is 2. The largest absolute Gasteiger partial charge is 0.507 e. The highest BCUT2D eigenvalue weighted by molar-refractivity contribution is 6.51. The molecule has 0 bridgehead atoms. The monoisotopic (exact) mass is 524 g/mol. The average Bonchev–Trinajstić information content (AvgIpc) is 3.18. The molecule has 0 spiro atoms. The molecule has 0 radical (unpaired) electrons. The van der Waals surface area contributed by atoms with Crippen LogP contribution in [-0.2, 0) is 9.59 Å². The van der Waals surface area contributed by atoms with Crippen molar-refractivity contribution in [3.05, 3.63) is 94.1 Å². The number of ether oxygens (including phenoxy) is 2. The molecular weight excluding hydrogens is 492 g/mol. The van der Waals surface area contributed by atoms with Gasteiger partial charge in [-0.2, -0.15) is 5.26 Å². The first-order valence-electron chi connectivity index (χ1n) is 12.8. The number of nitriles is 1. The summed E-state index contributed by atoms with van der Waals surface area (Å²) in [5.74, 6) is -0.364. The predicted octanol–water partition coefficient (Wildman–Crippen LogP) is 6.41. The van der Waals surface area contributed by atoms with E-state index < -0.39 is 17.7 Å². The van der Waals surface area contributed by atoms with E-state index in [9.17, 15) is 20.0 Å². The minimum Gasteiger partial charge on any atom is -0.507 e. The van der Waals surface area contributed by atoms with Gasteiger partial charge in [0.25, 0.3) is 11.7 Å². The summed E-state index contributed by atoms with van der Waals surface area (Å²) in [5, 5.41) is 20.9. The zero-order chi connectivity index (χ0) is 28.4. The van der Waals surface area contributed by atoms with Crippen LogP contribution in [0.4, 0.5) is 5.69 Å². The molecule has 4 rings (SSSR count). The Bertz CT molecular complexity index is 1480. The fourth-order valence-corrected chi connectivity index (χ4v) is 4.84. The molecule has 1 saturated heterocycles. The van der Waals surface area contributed by atoms with E-state index >= 15 is 0 Å². The summed E-state index contributed by atoms with van der Waals surface area (Å²) in [6.45, 7) is 9.71. The molecule has 0 aromatic heterocycles. The molecule has 1 fully saturated rings. The summed E-state index contributed by atoms with van der Waals surface area (Å²) < 4.78 is 11.3. The molecule has 3 aromatic rings. The summed E-state index contributed by atoms with van der Waals surface area (Å²) in [6.07, 6.45) is -0.0201. The molecular formula is C32H32N2O5. The molecule has 1 atom stereocenters. The van der Waals surface area contributed by atoms with Crippen LogP contribution in [0.15, 0.2) is 66.2 Å². The van der Waals surface area contributed by atoms with Crippen LogP contribution in [0.3, 0.4) is 0 Å². The maximum absolute atomic E-state index is 13.6. The molecule has 1 N–H and O–H groups in total. The summed E-state index contributed by atoms with van der Waals surface area (Å²) in [5.41, 5.74) is 3.53. The molecule has 1 aliphatic rings. The summed E-state index contributed by atoms with van der Waals surface area (Å²) >= 11 is 0. The smallest absolute Gasteiger partial charge is 0.300 e. The first-order chi connectivity index (χ1) is 18.6. The Labute approximate surface area is 228 Å². The Morgan fingerprint density at radius 1 is 1.00 bits per heavy atom. The second kappa shape index (κ2) is 11.0. The third-order valence-corrected chi connectivity index (χ3v) is 6.74. The van der Waals surface area contributed by atoms with Crippen LogP contribution < -0.4 is 14.4 Å². The van der Waals surface area contributed by atoms with E-state index in [1.807, 2.05) is 46.8 Å². The number of rotatable bonds is 7. The van der Waals surface area contributed by atoms with Crippen molar-refractivity contribution in [2.75, 3.05) is 12.0 Å². The van der Waals surface area contributed by atoms with Crippen molar-refractivity contribution in [1.29, 1.82) is 5.26 Å². The molecule has 0 aliphatic carbocycles. The number of Topliss-reactive ketones (excluding diaryl/α,β-unsaturated/α-hetero) is 1. The van der Waals surface area contributed by atoms with Crippen LogP contribution in [0, 0.1) is 18.3 Å². The van der Waals surface area contributed by atoms with Gasteiger partial charge in [-0.05, 0) is 91.9 Å². The molecule has 1 unspecified atom stereocenters. The number of ketones is 1. The fourth-order valence-electron chi connectivity index (χ4n) is 4.84. The number of carbonyl (C=O) groups excluding carboxylic acids is 2. The van der Waals surface area contributed by atoms with Crippen LogP contribution in [-0.4, -0.2) is 30.0 Å².